The molecule has 9 heteroatoms. The van der Waals surface area contributed by atoms with Crippen molar-refractivity contribution in [1.82, 2.24) is 14.5 Å². The molecule has 1 N–H and O–H groups in total. The van der Waals surface area contributed by atoms with Crippen molar-refractivity contribution in [3.63, 3.8) is 0 Å². The van der Waals surface area contributed by atoms with Crippen molar-refractivity contribution in [3.05, 3.63) is 11.8 Å². The average Bonchev–Trinajstić information content (AvgIpc) is 2.79. The third kappa shape index (κ3) is 2.94. The lowest BCUT2D eigenvalue weighted by Crippen LogP contribution is -2.53. The quantitative estimate of drug-likeness (QED) is 0.820. The first-order valence-corrected chi connectivity index (χ1v) is 7.99. The van der Waals surface area contributed by atoms with E-state index in [1.807, 2.05) is 0 Å². The van der Waals surface area contributed by atoms with Crippen LogP contribution in [0.15, 0.2) is 11.2 Å². The van der Waals surface area contributed by atoms with E-state index >= 15 is 0 Å². The zero-order chi connectivity index (χ0) is 15.7. The zero-order valence-corrected chi connectivity index (χ0v) is 13.1. The molecule has 2 heterocycles. The SMILES string of the molecule is COC1(C(=O)NS(=O)(=O)c2c(C)cnn2C)CCOCC1. The van der Waals surface area contributed by atoms with Crippen molar-refractivity contribution >= 4 is 15.9 Å². The van der Waals surface area contributed by atoms with Gasteiger partial charge in [-0.3, -0.25) is 9.48 Å². The van der Waals surface area contributed by atoms with Gasteiger partial charge < -0.3 is 9.47 Å². The summed E-state index contributed by atoms with van der Waals surface area (Å²) in [4.78, 5) is 12.4. The van der Waals surface area contributed by atoms with Crippen LogP contribution in [0.3, 0.4) is 0 Å². The first-order valence-electron chi connectivity index (χ1n) is 6.51. The third-order valence-corrected chi connectivity index (χ3v) is 5.19. The van der Waals surface area contributed by atoms with E-state index in [9.17, 15) is 13.2 Å². The molecule has 0 aromatic carbocycles. The van der Waals surface area contributed by atoms with Gasteiger partial charge in [0, 0.05) is 45.8 Å². The lowest BCUT2D eigenvalue weighted by molar-refractivity contribution is -0.153. The molecule has 1 aliphatic heterocycles. The van der Waals surface area contributed by atoms with Gasteiger partial charge in [-0.1, -0.05) is 0 Å². The van der Waals surface area contributed by atoms with Crippen LogP contribution in [-0.4, -0.2) is 50.0 Å². The summed E-state index contributed by atoms with van der Waals surface area (Å²) in [5.41, 5.74) is -0.700. The summed E-state index contributed by atoms with van der Waals surface area (Å²) in [7, 11) is -1.09. The highest BCUT2D eigenvalue weighted by Crippen LogP contribution is 2.25. The van der Waals surface area contributed by atoms with Gasteiger partial charge in [0.05, 0.1) is 6.20 Å². The van der Waals surface area contributed by atoms with Crippen LogP contribution in [0.25, 0.3) is 0 Å². The number of nitrogens with zero attached hydrogens (tertiary/aromatic N) is 2. The van der Waals surface area contributed by atoms with E-state index in [2.05, 4.69) is 9.82 Å². The number of sulfonamides is 1. The van der Waals surface area contributed by atoms with Crippen molar-refractivity contribution in [2.24, 2.45) is 7.05 Å². The van der Waals surface area contributed by atoms with E-state index in [4.69, 9.17) is 9.47 Å². The maximum atomic E-state index is 12.4. The van der Waals surface area contributed by atoms with Crippen molar-refractivity contribution in [3.8, 4) is 0 Å². The van der Waals surface area contributed by atoms with Gasteiger partial charge in [0.1, 0.15) is 0 Å². The van der Waals surface area contributed by atoms with Gasteiger partial charge in [0.15, 0.2) is 10.6 Å². The number of carbonyl (C=O) groups is 1. The standard InChI is InChI=1S/C12H19N3O5S/c1-9-8-13-15(2)10(9)21(17,18)14-11(16)12(19-3)4-6-20-7-5-12/h8H,4-7H2,1-3H3,(H,14,16). The van der Waals surface area contributed by atoms with Gasteiger partial charge >= 0.3 is 0 Å². The Bertz CT molecular complexity index is 612. The zero-order valence-electron chi connectivity index (χ0n) is 12.2. The smallest absolute Gasteiger partial charge is 0.281 e. The molecule has 1 aliphatic rings. The Kier molecular flexibility index (Phi) is 4.35. The summed E-state index contributed by atoms with van der Waals surface area (Å²) < 4.78 is 38.5. The van der Waals surface area contributed by atoms with Crippen LogP contribution in [0.2, 0.25) is 0 Å². The predicted molar refractivity (Wildman–Crippen MR) is 73.1 cm³/mol. The number of amides is 1. The van der Waals surface area contributed by atoms with Crippen LogP contribution in [0.4, 0.5) is 0 Å². The molecule has 1 fully saturated rings. The van der Waals surface area contributed by atoms with Gasteiger partial charge in [-0.2, -0.15) is 13.5 Å². The number of carbonyl (C=O) groups excluding carboxylic acids is 1. The molecule has 0 aliphatic carbocycles. The predicted octanol–water partition coefficient (Wildman–Crippen LogP) is -0.271. The van der Waals surface area contributed by atoms with E-state index in [0.717, 1.165) is 0 Å². The molecule has 2 rings (SSSR count). The number of rotatable bonds is 4. The normalized spacial score (nSPS) is 18.4. The molecule has 1 aromatic heterocycles. The number of nitrogens with one attached hydrogen (secondary N) is 1. The van der Waals surface area contributed by atoms with E-state index < -0.39 is 21.5 Å². The largest absolute Gasteiger partial charge is 0.381 e. The Morgan fingerprint density at radius 3 is 2.57 bits per heavy atom. The third-order valence-electron chi connectivity index (χ3n) is 3.64. The van der Waals surface area contributed by atoms with E-state index in [0.29, 0.717) is 31.6 Å². The maximum absolute atomic E-state index is 12.4. The Hall–Kier alpha value is -1.45. The van der Waals surface area contributed by atoms with Crippen LogP contribution < -0.4 is 4.72 Å². The fraction of sp³-hybridized carbons (Fsp3) is 0.667. The molecule has 118 valence electrons. The molecule has 0 radical (unpaired) electrons. The number of methoxy groups -OCH3 is 1. The summed E-state index contributed by atoms with van der Waals surface area (Å²) >= 11 is 0. The number of hydrogen-bond acceptors (Lipinski definition) is 6. The van der Waals surface area contributed by atoms with Crippen LogP contribution in [0.1, 0.15) is 18.4 Å². The van der Waals surface area contributed by atoms with E-state index in [1.165, 1.54) is 25.0 Å². The van der Waals surface area contributed by atoms with E-state index in [-0.39, 0.29) is 5.03 Å². The second kappa shape index (κ2) is 5.74. The molecule has 0 bridgehead atoms. The molecule has 0 spiro atoms. The summed E-state index contributed by atoms with van der Waals surface area (Å²) in [5, 5.41) is 3.84. The van der Waals surface area contributed by atoms with Crippen molar-refractivity contribution < 1.29 is 22.7 Å². The summed E-state index contributed by atoms with van der Waals surface area (Å²) in [6.07, 6.45) is 2.06. The Morgan fingerprint density at radius 2 is 2.10 bits per heavy atom. The van der Waals surface area contributed by atoms with Gasteiger partial charge in [0.2, 0.25) is 0 Å². The lowest BCUT2D eigenvalue weighted by Gasteiger charge is -2.33. The molecule has 1 saturated heterocycles. The first kappa shape index (κ1) is 15.9. The van der Waals surface area contributed by atoms with E-state index in [1.54, 1.807) is 6.92 Å². The van der Waals surface area contributed by atoms with Crippen molar-refractivity contribution in [2.75, 3.05) is 20.3 Å². The van der Waals surface area contributed by atoms with Gasteiger partial charge in [-0.25, -0.2) is 4.72 Å². The van der Waals surface area contributed by atoms with Gasteiger partial charge in [-0.05, 0) is 6.92 Å². The summed E-state index contributed by atoms with van der Waals surface area (Å²) in [6, 6.07) is 0. The van der Waals surface area contributed by atoms with Crippen LogP contribution >= 0.6 is 0 Å². The highest BCUT2D eigenvalue weighted by Gasteiger charge is 2.42. The van der Waals surface area contributed by atoms with Crippen molar-refractivity contribution in [1.29, 1.82) is 0 Å². The minimum absolute atomic E-state index is 0.0332. The molecule has 0 unspecified atom stereocenters. The number of aromatic nitrogens is 2. The number of ether oxygens (including phenoxy) is 2. The van der Waals surface area contributed by atoms with Gasteiger partial charge in [-0.15, -0.1) is 0 Å². The van der Waals surface area contributed by atoms with Crippen molar-refractivity contribution in [2.45, 2.75) is 30.4 Å². The van der Waals surface area contributed by atoms with Gasteiger partial charge in [0.25, 0.3) is 15.9 Å². The Balaban J connectivity index is 2.26. The minimum atomic E-state index is -3.99. The molecular formula is C12H19N3O5S. The molecule has 0 atom stereocenters. The highest BCUT2D eigenvalue weighted by molar-refractivity contribution is 7.90. The fourth-order valence-electron chi connectivity index (χ4n) is 2.41. The molecule has 0 saturated carbocycles. The minimum Gasteiger partial charge on any atom is -0.381 e. The monoisotopic (exact) mass is 317 g/mol. The van der Waals surface area contributed by atoms with Crippen LogP contribution in [0, 0.1) is 6.92 Å². The molecular weight excluding hydrogens is 298 g/mol. The second-order valence-electron chi connectivity index (χ2n) is 5.00. The topological polar surface area (TPSA) is 99.5 Å². The molecule has 1 amide bonds. The maximum Gasteiger partial charge on any atom is 0.281 e. The lowest BCUT2D eigenvalue weighted by atomic mass is 9.93. The average molecular weight is 317 g/mol. The molecule has 1 aromatic rings. The van der Waals surface area contributed by atoms with Crippen LogP contribution in [0.5, 0.6) is 0 Å². The Morgan fingerprint density at radius 1 is 1.48 bits per heavy atom. The first-order chi connectivity index (χ1) is 9.82. The van der Waals surface area contributed by atoms with Crippen LogP contribution in [-0.2, 0) is 31.3 Å². The number of aryl methyl sites for hydroxylation is 2. The highest BCUT2D eigenvalue weighted by atomic mass is 32.2. The number of hydrogen-bond donors (Lipinski definition) is 1. The molecule has 8 nitrogen and oxygen atoms in total. The summed E-state index contributed by atoms with van der Waals surface area (Å²) in [5.74, 6) is -0.672. The fourth-order valence-corrected chi connectivity index (χ4v) is 3.81. The Labute approximate surface area is 123 Å². The summed E-state index contributed by atoms with van der Waals surface area (Å²) in [6.45, 7) is 2.32. The molecule has 21 heavy (non-hydrogen) atoms. The second-order valence-corrected chi connectivity index (χ2v) is 6.60.